The van der Waals surface area contributed by atoms with Crippen LogP contribution in [-0.2, 0) is 6.54 Å². The van der Waals surface area contributed by atoms with E-state index in [1.807, 2.05) is 12.1 Å². The molecule has 2 rings (SSSR count). The van der Waals surface area contributed by atoms with Gasteiger partial charge in [0.1, 0.15) is 0 Å². The number of nitrogen functional groups attached to an aromatic ring is 1. The second-order valence-electron chi connectivity index (χ2n) is 4.66. The molecule has 3 heteroatoms. The molecule has 1 aliphatic rings. The maximum Gasteiger partial charge on any atom is 0.0667 e. The fourth-order valence-corrected chi connectivity index (χ4v) is 2.29. The number of rotatable bonds is 2. The summed E-state index contributed by atoms with van der Waals surface area (Å²) in [4.78, 5) is 2.30. The number of nitrogens with two attached hydrogens (primary N) is 1. The minimum absolute atomic E-state index is 0.157. The Balaban J connectivity index is 2.05. The molecule has 0 bridgehead atoms. The minimum atomic E-state index is -0.157. The van der Waals surface area contributed by atoms with Crippen LogP contribution in [0, 0.1) is 6.92 Å². The molecule has 3 nitrogen and oxygen atoms in total. The lowest BCUT2D eigenvalue weighted by Gasteiger charge is -2.30. The molecule has 1 fully saturated rings. The summed E-state index contributed by atoms with van der Waals surface area (Å²) in [6.45, 7) is 4.82. The van der Waals surface area contributed by atoms with E-state index in [2.05, 4.69) is 17.9 Å². The van der Waals surface area contributed by atoms with Crippen molar-refractivity contribution in [3.8, 4) is 0 Å². The zero-order valence-corrected chi connectivity index (χ0v) is 9.82. The van der Waals surface area contributed by atoms with E-state index in [4.69, 9.17) is 5.73 Å². The lowest BCUT2D eigenvalue weighted by atomic mass is 10.0. The van der Waals surface area contributed by atoms with Crippen LogP contribution in [0.25, 0.3) is 0 Å². The van der Waals surface area contributed by atoms with Crippen LogP contribution in [0.5, 0.6) is 0 Å². The van der Waals surface area contributed by atoms with Gasteiger partial charge >= 0.3 is 0 Å². The summed E-state index contributed by atoms with van der Waals surface area (Å²) >= 11 is 0. The van der Waals surface area contributed by atoms with Gasteiger partial charge in [-0.1, -0.05) is 12.1 Å². The van der Waals surface area contributed by atoms with Crippen molar-refractivity contribution in [3.05, 3.63) is 29.3 Å². The summed E-state index contributed by atoms with van der Waals surface area (Å²) < 4.78 is 0. The van der Waals surface area contributed by atoms with E-state index >= 15 is 0 Å². The third kappa shape index (κ3) is 2.54. The van der Waals surface area contributed by atoms with E-state index < -0.39 is 0 Å². The summed E-state index contributed by atoms with van der Waals surface area (Å²) in [7, 11) is 0. The summed E-state index contributed by atoms with van der Waals surface area (Å²) in [5.74, 6) is 0. The maximum atomic E-state index is 9.62. The van der Waals surface area contributed by atoms with Crippen LogP contribution >= 0.6 is 0 Å². The topological polar surface area (TPSA) is 49.5 Å². The van der Waals surface area contributed by atoms with Crippen LogP contribution in [0.3, 0.4) is 0 Å². The molecule has 1 aromatic carbocycles. The van der Waals surface area contributed by atoms with E-state index in [1.54, 1.807) is 0 Å². The Hall–Kier alpha value is -1.06. The number of aliphatic hydroxyl groups is 1. The summed E-state index contributed by atoms with van der Waals surface area (Å²) in [5, 5.41) is 9.62. The molecule has 0 saturated carbocycles. The Kier molecular flexibility index (Phi) is 3.46. The number of hydrogen-bond acceptors (Lipinski definition) is 3. The van der Waals surface area contributed by atoms with E-state index in [-0.39, 0.29) is 6.10 Å². The van der Waals surface area contributed by atoms with Crippen LogP contribution < -0.4 is 5.73 Å². The molecule has 88 valence electrons. The Bertz CT molecular complexity index is 365. The van der Waals surface area contributed by atoms with Gasteiger partial charge in [0.25, 0.3) is 0 Å². The van der Waals surface area contributed by atoms with Crippen molar-refractivity contribution in [2.24, 2.45) is 0 Å². The van der Waals surface area contributed by atoms with Gasteiger partial charge in [-0.3, -0.25) is 4.90 Å². The highest BCUT2D eigenvalue weighted by Crippen LogP contribution is 2.19. The minimum Gasteiger partial charge on any atom is -0.399 e. The number of benzene rings is 1. The van der Waals surface area contributed by atoms with Crippen molar-refractivity contribution >= 4 is 5.69 Å². The van der Waals surface area contributed by atoms with Gasteiger partial charge in [-0.2, -0.15) is 0 Å². The number of anilines is 1. The first-order chi connectivity index (χ1) is 7.66. The molecule has 0 radical (unpaired) electrons. The molecule has 1 heterocycles. The lowest BCUT2D eigenvalue weighted by Crippen LogP contribution is -2.37. The van der Waals surface area contributed by atoms with E-state index in [1.165, 1.54) is 11.1 Å². The van der Waals surface area contributed by atoms with Crippen LogP contribution in [0.2, 0.25) is 0 Å². The fourth-order valence-electron chi connectivity index (χ4n) is 2.29. The van der Waals surface area contributed by atoms with Crippen LogP contribution in [-0.4, -0.2) is 29.2 Å². The molecular formula is C13H20N2O. The first-order valence-corrected chi connectivity index (χ1v) is 5.91. The van der Waals surface area contributed by atoms with Gasteiger partial charge in [-0.25, -0.2) is 0 Å². The van der Waals surface area contributed by atoms with Crippen molar-refractivity contribution in [3.63, 3.8) is 0 Å². The third-order valence-electron chi connectivity index (χ3n) is 3.36. The Morgan fingerprint density at radius 1 is 1.50 bits per heavy atom. The Morgan fingerprint density at radius 3 is 3.06 bits per heavy atom. The van der Waals surface area contributed by atoms with Gasteiger partial charge in [-0.05, 0) is 43.5 Å². The Labute approximate surface area is 96.9 Å². The molecule has 1 unspecified atom stereocenters. The molecule has 0 amide bonds. The number of hydrogen-bond donors (Lipinski definition) is 2. The summed E-state index contributed by atoms with van der Waals surface area (Å²) in [6, 6.07) is 6.05. The zero-order chi connectivity index (χ0) is 11.5. The average molecular weight is 220 g/mol. The normalized spacial score (nSPS) is 22.2. The standard InChI is InChI=1S/C13H20N2O/c1-10-11(4-2-6-13(10)14)8-15-7-3-5-12(16)9-15/h2,4,6,12,16H,3,5,7-9,14H2,1H3. The fraction of sp³-hybridized carbons (Fsp3) is 0.538. The molecule has 16 heavy (non-hydrogen) atoms. The smallest absolute Gasteiger partial charge is 0.0667 e. The van der Waals surface area contributed by atoms with Crippen LogP contribution in [0.1, 0.15) is 24.0 Å². The molecular weight excluding hydrogens is 200 g/mol. The molecule has 1 atom stereocenters. The SMILES string of the molecule is Cc1c(N)cccc1CN1CCCC(O)C1. The summed E-state index contributed by atoms with van der Waals surface area (Å²) in [5.41, 5.74) is 9.18. The first kappa shape index (κ1) is 11.4. The zero-order valence-electron chi connectivity index (χ0n) is 9.82. The Morgan fingerprint density at radius 2 is 2.31 bits per heavy atom. The van der Waals surface area contributed by atoms with Crippen molar-refractivity contribution < 1.29 is 5.11 Å². The van der Waals surface area contributed by atoms with E-state index in [0.717, 1.165) is 38.2 Å². The van der Waals surface area contributed by atoms with Crippen molar-refractivity contribution in [2.75, 3.05) is 18.8 Å². The number of β-amino-alcohol motifs (C(OH)–C–C–N with tert-alkyl or cyclic N) is 1. The van der Waals surface area contributed by atoms with E-state index in [9.17, 15) is 5.11 Å². The molecule has 0 aromatic heterocycles. The van der Waals surface area contributed by atoms with Gasteiger partial charge in [0.15, 0.2) is 0 Å². The average Bonchev–Trinajstić information content (AvgIpc) is 2.25. The highest BCUT2D eigenvalue weighted by Gasteiger charge is 2.18. The lowest BCUT2D eigenvalue weighted by molar-refractivity contribution is 0.0667. The third-order valence-corrected chi connectivity index (χ3v) is 3.36. The van der Waals surface area contributed by atoms with Gasteiger partial charge in [0, 0.05) is 18.8 Å². The van der Waals surface area contributed by atoms with Gasteiger partial charge in [0.05, 0.1) is 6.10 Å². The molecule has 1 aromatic rings. The second kappa shape index (κ2) is 4.85. The predicted octanol–water partition coefficient (Wildman–Crippen LogP) is 1.53. The van der Waals surface area contributed by atoms with Crippen LogP contribution in [0.4, 0.5) is 5.69 Å². The molecule has 0 aliphatic carbocycles. The molecule has 1 aliphatic heterocycles. The monoisotopic (exact) mass is 220 g/mol. The molecule has 1 saturated heterocycles. The second-order valence-corrected chi connectivity index (χ2v) is 4.66. The van der Waals surface area contributed by atoms with Crippen molar-refractivity contribution in [2.45, 2.75) is 32.4 Å². The van der Waals surface area contributed by atoms with Gasteiger partial charge in [-0.15, -0.1) is 0 Å². The highest BCUT2D eigenvalue weighted by atomic mass is 16.3. The number of likely N-dealkylation sites (tertiary alicyclic amines) is 1. The molecule has 0 spiro atoms. The van der Waals surface area contributed by atoms with Gasteiger partial charge in [0.2, 0.25) is 0 Å². The van der Waals surface area contributed by atoms with Crippen molar-refractivity contribution in [1.82, 2.24) is 4.90 Å². The highest BCUT2D eigenvalue weighted by molar-refractivity contribution is 5.49. The first-order valence-electron chi connectivity index (χ1n) is 5.91. The maximum absolute atomic E-state index is 9.62. The number of nitrogens with zero attached hydrogens (tertiary/aromatic N) is 1. The molecule has 3 N–H and O–H groups in total. The van der Waals surface area contributed by atoms with E-state index in [0.29, 0.717) is 0 Å². The van der Waals surface area contributed by atoms with Crippen LogP contribution in [0.15, 0.2) is 18.2 Å². The van der Waals surface area contributed by atoms with Crippen molar-refractivity contribution in [1.29, 1.82) is 0 Å². The number of aliphatic hydroxyl groups excluding tert-OH is 1. The van der Waals surface area contributed by atoms with Gasteiger partial charge < -0.3 is 10.8 Å². The largest absolute Gasteiger partial charge is 0.399 e. The quantitative estimate of drug-likeness (QED) is 0.743. The number of piperidine rings is 1. The summed E-state index contributed by atoms with van der Waals surface area (Å²) in [6.07, 6.45) is 1.87. The predicted molar refractivity (Wildman–Crippen MR) is 66.1 cm³/mol.